The summed E-state index contributed by atoms with van der Waals surface area (Å²) in [5.74, 6) is 2.47. The monoisotopic (exact) mass is 699 g/mol. The predicted molar refractivity (Wildman–Crippen MR) is 221 cm³/mol. The van der Waals surface area contributed by atoms with Gasteiger partial charge in [-0.15, -0.1) is 0 Å². The van der Waals surface area contributed by atoms with Crippen molar-refractivity contribution >= 4 is 54.5 Å². The zero-order valence-corrected chi connectivity index (χ0v) is 30.4. The first kappa shape index (κ1) is 32.1. The number of pyridine rings is 3. The molecule has 7 heteroatoms. The van der Waals surface area contributed by atoms with Crippen molar-refractivity contribution in [2.24, 2.45) is 5.92 Å². The molecule has 10 rings (SSSR count). The van der Waals surface area contributed by atoms with Crippen LogP contribution in [-0.4, -0.2) is 36.4 Å². The number of rotatable bonds is 5. The Kier molecular flexibility index (Phi) is 7.61. The van der Waals surface area contributed by atoms with Crippen molar-refractivity contribution in [3.63, 3.8) is 0 Å². The molecule has 0 saturated heterocycles. The van der Waals surface area contributed by atoms with E-state index in [0.29, 0.717) is 5.82 Å². The molecule has 5 heterocycles. The lowest BCUT2D eigenvalue weighted by Gasteiger charge is -2.21. The van der Waals surface area contributed by atoms with Gasteiger partial charge < -0.3 is 5.32 Å². The van der Waals surface area contributed by atoms with Crippen molar-refractivity contribution in [1.29, 1.82) is 0 Å². The molecular formula is C47H37N7. The van der Waals surface area contributed by atoms with Crippen molar-refractivity contribution < 1.29 is 0 Å². The number of allylic oxidation sites excluding steroid dienone is 10. The van der Waals surface area contributed by atoms with Gasteiger partial charge in [-0.3, -0.25) is 4.98 Å². The molecule has 54 heavy (non-hydrogen) atoms. The van der Waals surface area contributed by atoms with Crippen molar-refractivity contribution in [3.05, 3.63) is 156 Å². The fourth-order valence-electron chi connectivity index (χ4n) is 8.36. The highest BCUT2D eigenvalue weighted by molar-refractivity contribution is 6.25. The van der Waals surface area contributed by atoms with Gasteiger partial charge in [-0.25, -0.2) is 24.9 Å². The summed E-state index contributed by atoms with van der Waals surface area (Å²) in [5, 5.41) is 10.3. The van der Waals surface area contributed by atoms with Gasteiger partial charge in [0.25, 0.3) is 0 Å². The van der Waals surface area contributed by atoms with Gasteiger partial charge >= 0.3 is 0 Å². The van der Waals surface area contributed by atoms with Gasteiger partial charge in [-0.1, -0.05) is 91.9 Å². The van der Waals surface area contributed by atoms with Crippen LogP contribution in [0.5, 0.6) is 0 Å². The second-order valence-corrected chi connectivity index (χ2v) is 14.4. The Morgan fingerprint density at radius 3 is 2.26 bits per heavy atom. The van der Waals surface area contributed by atoms with E-state index in [1.165, 1.54) is 16.5 Å². The quantitative estimate of drug-likeness (QED) is 0.141. The van der Waals surface area contributed by atoms with Crippen molar-refractivity contribution in [2.45, 2.75) is 33.1 Å². The van der Waals surface area contributed by atoms with Crippen LogP contribution in [0.1, 0.15) is 47.7 Å². The minimum absolute atomic E-state index is 0.0857. The van der Waals surface area contributed by atoms with Gasteiger partial charge in [0.2, 0.25) is 0 Å². The Bertz CT molecular complexity index is 2900. The van der Waals surface area contributed by atoms with Gasteiger partial charge in [-0.05, 0) is 66.4 Å². The van der Waals surface area contributed by atoms with Crippen LogP contribution in [0, 0.1) is 19.8 Å². The van der Waals surface area contributed by atoms with E-state index in [1.54, 1.807) is 0 Å². The number of fused-ring (bicyclic) bond motifs is 6. The van der Waals surface area contributed by atoms with Gasteiger partial charge in [-0.2, -0.15) is 0 Å². The number of benzene rings is 3. The average Bonchev–Trinajstić information content (AvgIpc) is 3.67. The number of nitrogens with one attached hydrogen (secondary N) is 1. The Morgan fingerprint density at radius 2 is 1.50 bits per heavy atom. The fraction of sp³-hybridized carbons (Fsp3) is 0.149. The Labute approximate surface area is 313 Å². The van der Waals surface area contributed by atoms with E-state index >= 15 is 0 Å². The molecule has 0 bridgehead atoms. The van der Waals surface area contributed by atoms with E-state index in [1.807, 2.05) is 18.5 Å². The molecule has 1 N–H and O–H groups in total. The van der Waals surface area contributed by atoms with Crippen LogP contribution in [0.15, 0.2) is 128 Å². The third-order valence-corrected chi connectivity index (χ3v) is 11.0. The van der Waals surface area contributed by atoms with Crippen LogP contribution in [0.3, 0.4) is 0 Å². The molecule has 0 fully saturated rings. The Hall–Kier alpha value is -6.60. The second kappa shape index (κ2) is 12.8. The SMILES string of the molecule is Cc1c2c(-c3cccnc3)nc3cc(-c4nc(C5=CC=CC5C)nc(C5C=CC=CC5)n4)ccc3c2c(C)c2c(C3=CNCC=C3)nc3ccccc3c12. The topological polar surface area (TPSA) is 89.4 Å². The van der Waals surface area contributed by atoms with E-state index in [4.69, 9.17) is 24.9 Å². The lowest BCUT2D eigenvalue weighted by atomic mass is 9.86. The first-order chi connectivity index (χ1) is 26.5. The molecule has 3 aliphatic rings. The minimum atomic E-state index is 0.0857. The number of nitrogens with zero attached hydrogens (tertiary/aromatic N) is 6. The van der Waals surface area contributed by atoms with Crippen LogP contribution in [-0.2, 0) is 0 Å². The molecule has 2 aliphatic carbocycles. The maximum atomic E-state index is 5.48. The first-order valence-corrected chi connectivity index (χ1v) is 18.6. The highest BCUT2D eigenvalue weighted by atomic mass is 15.0. The first-order valence-electron chi connectivity index (χ1n) is 18.6. The summed E-state index contributed by atoms with van der Waals surface area (Å²) in [6.07, 6.45) is 25.9. The molecule has 3 aromatic carbocycles. The molecule has 0 saturated carbocycles. The molecule has 2 unspecified atom stereocenters. The number of aryl methyl sites for hydroxylation is 2. The minimum Gasteiger partial charge on any atom is -0.387 e. The molecule has 2 atom stereocenters. The number of hydrogen-bond acceptors (Lipinski definition) is 7. The molecule has 0 spiro atoms. The average molecular weight is 700 g/mol. The predicted octanol–water partition coefficient (Wildman–Crippen LogP) is 10.3. The number of aromatic nitrogens is 6. The summed E-state index contributed by atoms with van der Waals surface area (Å²) in [4.78, 5) is 30.6. The van der Waals surface area contributed by atoms with Gasteiger partial charge in [0.05, 0.1) is 22.4 Å². The van der Waals surface area contributed by atoms with Crippen LogP contribution in [0.4, 0.5) is 0 Å². The van der Waals surface area contributed by atoms with E-state index < -0.39 is 0 Å². The second-order valence-electron chi connectivity index (χ2n) is 14.4. The highest BCUT2D eigenvalue weighted by Crippen LogP contribution is 2.45. The summed E-state index contributed by atoms with van der Waals surface area (Å²) in [6.45, 7) is 7.46. The Morgan fingerprint density at radius 1 is 0.685 bits per heavy atom. The van der Waals surface area contributed by atoms with E-state index in [9.17, 15) is 0 Å². The normalized spacial score (nSPS) is 17.8. The van der Waals surface area contributed by atoms with Gasteiger partial charge in [0, 0.05) is 80.8 Å². The van der Waals surface area contributed by atoms with Crippen LogP contribution >= 0.6 is 0 Å². The van der Waals surface area contributed by atoms with Crippen molar-refractivity contribution in [2.75, 3.05) is 6.54 Å². The Balaban J connectivity index is 1.28. The molecule has 1 aliphatic heterocycles. The molecule has 260 valence electrons. The van der Waals surface area contributed by atoms with Gasteiger partial charge in [0.1, 0.15) is 5.82 Å². The van der Waals surface area contributed by atoms with E-state index in [0.717, 1.165) is 96.2 Å². The van der Waals surface area contributed by atoms with Crippen molar-refractivity contribution in [3.8, 4) is 22.6 Å². The van der Waals surface area contributed by atoms with Crippen LogP contribution in [0.2, 0.25) is 0 Å². The zero-order valence-electron chi connectivity index (χ0n) is 30.4. The number of dihydropyridines is 1. The standard InChI is InChI=1S/C47H37N7/c1-27-12-9-18-34(27)47-53-45(30-13-5-4-6-14-30)52-46(54-47)31-20-21-36-38(24-31)51-44(33-16-11-23-49-26-33)42-28(2)39-35-17-7-8-19-37(35)50-43(32-15-10-22-48-25-32)41(39)29(3)40(36)42/h4-13,15-21,23-27,30,48H,14,22H2,1-3H3. The summed E-state index contributed by atoms with van der Waals surface area (Å²) in [6, 6.07) is 19.0. The molecule has 0 radical (unpaired) electrons. The number of hydrogen-bond donors (Lipinski definition) is 1. The molecular weight excluding hydrogens is 663 g/mol. The van der Waals surface area contributed by atoms with Crippen molar-refractivity contribution in [1.82, 2.24) is 35.2 Å². The lowest BCUT2D eigenvalue weighted by Crippen LogP contribution is -2.10. The molecule has 0 amide bonds. The smallest absolute Gasteiger partial charge is 0.163 e. The fourth-order valence-corrected chi connectivity index (χ4v) is 8.36. The highest BCUT2D eigenvalue weighted by Gasteiger charge is 2.25. The summed E-state index contributed by atoms with van der Waals surface area (Å²) < 4.78 is 0. The van der Waals surface area contributed by atoms with Crippen LogP contribution in [0.25, 0.3) is 77.1 Å². The van der Waals surface area contributed by atoms with E-state index in [2.05, 4.69) is 140 Å². The zero-order chi connectivity index (χ0) is 36.3. The maximum Gasteiger partial charge on any atom is 0.163 e. The third-order valence-electron chi connectivity index (χ3n) is 11.0. The molecule has 4 aromatic heterocycles. The molecule has 7 aromatic rings. The largest absolute Gasteiger partial charge is 0.387 e. The summed E-state index contributed by atoms with van der Waals surface area (Å²) in [7, 11) is 0. The lowest BCUT2D eigenvalue weighted by molar-refractivity contribution is 0.752. The molecule has 7 nitrogen and oxygen atoms in total. The maximum absolute atomic E-state index is 5.48. The summed E-state index contributed by atoms with van der Waals surface area (Å²) in [5.41, 5.74) is 10.1. The van der Waals surface area contributed by atoms with Gasteiger partial charge in [0.15, 0.2) is 11.6 Å². The summed E-state index contributed by atoms with van der Waals surface area (Å²) >= 11 is 0. The van der Waals surface area contributed by atoms with Crippen LogP contribution < -0.4 is 5.32 Å². The third kappa shape index (κ3) is 5.18. The van der Waals surface area contributed by atoms with E-state index in [-0.39, 0.29) is 11.8 Å². The number of para-hydroxylation sites is 1.